The molecule has 0 unspecified atom stereocenters. The summed E-state index contributed by atoms with van der Waals surface area (Å²) in [6, 6.07) is 7.43. The van der Waals surface area contributed by atoms with Crippen molar-refractivity contribution in [3.05, 3.63) is 45.2 Å². The molecule has 1 amide bonds. The van der Waals surface area contributed by atoms with Gasteiger partial charge in [0, 0.05) is 25.0 Å². The summed E-state index contributed by atoms with van der Waals surface area (Å²) < 4.78 is 1.64. The fourth-order valence-electron chi connectivity index (χ4n) is 2.97. The van der Waals surface area contributed by atoms with E-state index in [-0.39, 0.29) is 28.6 Å². The van der Waals surface area contributed by atoms with Crippen molar-refractivity contribution in [3.63, 3.8) is 0 Å². The topological polar surface area (TPSA) is 54.3 Å². The summed E-state index contributed by atoms with van der Waals surface area (Å²) in [5, 5.41) is 3.79. The second-order valence-electron chi connectivity index (χ2n) is 5.95. The number of likely N-dealkylation sites (N-methyl/N-ethyl adjacent to an activating group) is 1. The number of pyridine rings is 1. The quantitative estimate of drug-likeness (QED) is 0.737. The monoisotopic (exact) mass is 399 g/mol. The third-order valence-electron chi connectivity index (χ3n) is 4.39. The summed E-state index contributed by atoms with van der Waals surface area (Å²) >= 11 is 6.43. The first kappa shape index (κ1) is 22.5. The van der Waals surface area contributed by atoms with Crippen LogP contribution in [0.25, 0.3) is 10.9 Å². The highest BCUT2D eigenvalue weighted by atomic mass is 35.5. The van der Waals surface area contributed by atoms with Crippen LogP contribution < -0.4 is 10.9 Å². The van der Waals surface area contributed by atoms with E-state index >= 15 is 0 Å². The molecule has 1 heterocycles. The summed E-state index contributed by atoms with van der Waals surface area (Å²) in [6.45, 7) is 9.78. The molecule has 5 nitrogen and oxygen atoms in total. The Balaban J connectivity index is 0.00000338. The molecule has 1 aromatic carbocycles. The number of halogens is 2. The zero-order valence-corrected chi connectivity index (χ0v) is 17.1. The lowest BCUT2D eigenvalue weighted by Gasteiger charge is -2.18. The third kappa shape index (κ3) is 4.78. The number of fused-ring (bicyclic) bond motifs is 1. The SMILES string of the molecule is CCCn1c(=O)c(C(=O)NCCN(CC)CC)c(Cl)c2ccccc21.Cl. The van der Waals surface area contributed by atoms with Crippen molar-refractivity contribution in [1.82, 2.24) is 14.8 Å². The van der Waals surface area contributed by atoms with E-state index in [1.165, 1.54) is 0 Å². The Morgan fingerprint density at radius 3 is 2.46 bits per heavy atom. The standard InChI is InChI=1S/C19H26ClN3O2.ClH/c1-4-12-23-15-10-8-7-9-14(15)17(20)16(19(23)25)18(24)21-11-13-22(5-2)6-3;/h7-10H,4-6,11-13H2,1-3H3,(H,21,24);1H. The summed E-state index contributed by atoms with van der Waals surface area (Å²) in [5.41, 5.74) is 0.471. The number of hydrogen-bond donors (Lipinski definition) is 1. The highest BCUT2D eigenvalue weighted by Gasteiger charge is 2.20. The van der Waals surface area contributed by atoms with Gasteiger partial charge in [0.2, 0.25) is 0 Å². The molecule has 0 atom stereocenters. The molecule has 0 aliphatic rings. The van der Waals surface area contributed by atoms with E-state index in [0.717, 1.165) is 37.0 Å². The van der Waals surface area contributed by atoms with E-state index in [2.05, 4.69) is 24.1 Å². The molecule has 0 spiro atoms. The minimum atomic E-state index is -0.405. The number of hydrogen-bond acceptors (Lipinski definition) is 3. The lowest BCUT2D eigenvalue weighted by molar-refractivity contribution is 0.0947. The largest absolute Gasteiger partial charge is 0.351 e. The molecular formula is C19H27Cl2N3O2. The molecule has 2 aromatic rings. The van der Waals surface area contributed by atoms with E-state index in [9.17, 15) is 9.59 Å². The normalized spacial score (nSPS) is 10.8. The van der Waals surface area contributed by atoms with Gasteiger partial charge < -0.3 is 14.8 Å². The maximum Gasteiger partial charge on any atom is 0.265 e. The van der Waals surface area contributed by atoms with Gasteiger partial charge in [-0.15, -0.1) is 12.4 Å². The Morgan fingerprint density at radius 2 is 1.85 bits per heavy atom. The number of nitrogens with zero attached hydrogens (tertiary/aromatic N) is 2. The van der Waals surface area contributed by atoms with Crippen molar-refractivity contribution in [2.45, 2.75) is 33.7 Å². The average molecular weight is 400 g/mol. The molecule has 7 heteroatoms. The van der Waals surface area contributed by atoms with Crippen molar-refractivity contribution in [2.24, 2.45) is 0 Å². The molecule has 26 heavy (non-hydrogen) atoms. The molecule has 0 saturated carbocycles. The number of nitrogens with one attached hydrogen (secondary N) is 1. The van der Waals surface area contributed by atoms with Gasteiger partial charge in [0.25, 0.3) is 11.5 Å². The number of rotatable bonds is 8. The second kappa shape index (κ2) is 10.6. The van der Waals surface area contributed by atoms with Gasteiger partial charge in [0.05, 0.1) is 10.5 Å². The van der Waals surface area contributed by atoms with Gasteiger partial charge in [0.1, 0.15) is 5.56 Å². The van der Waals surface area contributed by atoms with E-state index in [4.69, 9.17) is 11.6 Å². The van der Waals surface area contributed by atoms with Crippen LogP contribution in [-0.4, -0.2) is 41.6 Å². The first-order chi connectivity index (χ1) is 12.0. The maximum atomic E-state index is 12.9. The minimum Gasteiger partial charge on any atom is -0.351 e. The zero-order valence-electron chi connectivity index (χ0n) is 15.5. The van der Waals surface area contributed by atoms with Crippen molar-refractivity contribution in [2.75, 3.05) is 26.2 Å². The van der Waals surface area contributed by atoms with E-state index in [1.807, 2.05) is 31.2 Å². The molecule has 1 N–H and O–H groups in total. The Bertz CT molecular complexity index is 801. The number of aromatic nitrogens is 1. The van der Waals surface area contributed by atoms with Crippen LogP contribution in [0.2, 0.25) is 5.02 Å². The zero-order chi connectivity index (χ0) is 18.4. The predicted molar refractivity (Wildman–Crippen MR) is 111 cm³/mol. The van der Waals surface area contributed by atoms with Crippen LogP contribution >= 0.6 is 24.0 Å². The summed E-state index contributed by atoms with van der Waals surface area (Å²) in [4.78, 5) is 27.7. The van der Waals surface area contributed by atoms with Crippen LogP contribution in [0.15, 0.2) is 29.1 Å². The second-order valence-corrected chi connectivity index (χ2v) is 6.32. The molecule has 0 aliphatic carbocycles. The molecule has 0 aliphatic heterocycles. The molecule has 0 radical (unpaired) electrons. The van der Waals surface area contributed by atoms with Gasteiger partial charge in [-0.05, 0) is 25.6 Å². The number of carbonyl (C=O) groups excluding carboxylic acids is 1. The van der Waals surface area contributed by atoms with Crippen LogP contribution in [-0.2, 0) is 6.54 Å². The highest BCUT2D eigenvalue weighted by molar-refractivity contribution is 6.38. The fourth-order valence-corrected chi connectivity index (χ4v) is 3.29. The lowest BCUT2D eigenvalue weighted by Crippen LogP contribution is -2.38. The van der Waals surface area contributed by atoms with Gasteiger partial charge >= 0.3 is 0 Å². The van der Waals surface area contributed by atoms with Crippen LogP contribution in [0.3, 0.4) is 0 Å². The molecule has 1 aromatic heterocycles. The van der Waals surface area contributed by atoms with E-state index in [1.54, 1.807) is 4.57 Å². The van der Waals surface area contributed by atoms with Gasteiger partial charge in [-0.25, -0.2) is 0 Å². The fraction of sp³-hybridized carbons (Fsp3) is 0.474. The van der Waals surface area contributed by atoms with Crippen molar-refractivity contribution in [3.8, 4) is 0 Å². The van der Waals surface area contributed by atoms with Crippen LogP contribution in [0.4, 0.5) is 0 Å². The van der Waals surface area contributed by atoms with Crippen LogP contribution in [0.5, 0.6) is 0 Å². The average Bonchev–Trinajstić information content (AvgIpc) is 2.62. The lowest BCUT2D eigenvalue weighted by atomic mass is 10.1. The first-order valence-electron chi connectivity index (χ1n) is 8.86. The van der Waals surface area contributed by atoms with E-state index < -0.39 is 5.91 Å². The molecule has 0 bridgehead atoms. The van der Waals surface area contributed by atoms with E-state index in [0.29, 0.717) is 13.1 Å². The maximum absolute atomic E-state index is 12.9. The van der Waals surface area contributed by atoms with Gasteiger partial charge in [-0.1, -0.05) is 50.6 Å². The number of aryl methyl sites for hydroxylation is 1. The molecule has 144 valence electrons. The summed E-state index contributed by atoms with van der Waals surface area (Å²) in [6.07, 6.45) is 0.800. The Morgan fingerprint density at radius 1 is 1.19 bits per heavy atom. The van der Waals surface area contributed by atoms with Gasteiger partial charge in [-0.3, -0.25) is 9.59 Å². The van der Waals surface area contributed by atoms with Crippen molar-refractivity contribution >= 4 is 40.8 Å². The number of benzene rings is 1. The predicted octanol–water partition coefficient (Wildman–Crippen LogP) is 3.56. The Labute approximate surface area is 165 Å². The van der Waals surface area contributed by atoms with Crippen molar-refractivity contribution < 1.29 is 4.79 Å². The Kier molecular flexibility index (Phi) is 9.13. The first-order valence-corrected chi connectivity index (χ1v) is 9.24. The smallest absolute Gasteiger partial charge is 0.265 e. The summed E-state index contributed by atoms with van der Waals surface area (Å²) in [5.74, 6) is -0.405. The number of amides is 1. The molecular weight excluding hydrogens is 373 g/mol. The Hall–Kier alpha value is -1.56. The number of carbonyl (C=O) groups is 1. The van der Waals surface area contributed by atoms with Crippen LogP contribution in [0, 0.1) is 0 Å². The third-order valence-corrected chi connectivity index (χ3v) is 4.78. The van der Waals surface area contributed by atoms with Gasteiger partial charge in [0.15, 0.2) is 0 Å². The number of para-hydroxylation sites is 1. The van der Waals surface area contributed by atoms with Crippen molar-refractivity contribution in [1.29, 1.82) is 0 Å². The summed E-state index contributed by atoms with van der Waals surface area (Å²) in [7, 11) is 0. The minimum absolute atomic E-state index is 0. The molecule has 0 fully saturated rings. The highest BCUT2D eigenvalue weighted by Crippen LogP contribution is 2.25. The molecule has 2 rings (SSSR count). The van der Waals surface area contributed by atoms with Crippen LogP contribution in [0.1, 0.15) is 37.6 Å². The molecule has 0 saturated heterocycles. The van der Waals surface area contributed by atoms with Gasteiger partial charge in [-0.2, -0.15) is 0 Å².